The van der Waals surface area contributed by atoms with Crippen molar-refractivity contribution in [2.45, 2.75) is 44.2 Å². The van der Waals surface area contributed by atoms with E-state index < -0.39 is 37.6 Å². The van der Waals surface area contributed by atoms with Crippen molar-refractivity contribution in [2.24, 2.45) is 0 Å². The Morgan fingerprint density at radius 2 is 1.73 bits per heavy atom. The predicted molar refractivity (Wildman–Crippen MR) is 149 cm³/mol. The zero-order valence-corrected chi connectivity index (χ0v) is 23.1. The number of carbonyl (C=O) groups is 3. The first kappa shape index (κ1) is 29.7. The van der Waals surface area contributed by atoms with E-state index in [0.717, 1.165) is 24.8 Å². The Balaban J connectivity index is 1.44. The molecule has 0 unspecified atom stereocenters. The van der Waals surface area contributed by atoms with Gasteiger partial charge >= 0.3 is 13.6 Å². The molecule has 1 aromatic carbocycles. The summed E-state index contributed by atoms with van der Waals surface area (Å²) in [6, 6.07) is 11.7. The third-order valence-corrected chi connectivity index (χ3v) is 7.74. The molecule has 2 heterocycles. The van der Waals surface area contributed by atoms with E-state index in [4.69, 9.17) is 5.11 Å². The first-order valence-corrected chi connectivity index (χ1v) is 15.3. The molecule has 1 atom stereocenters. The molecule has 1 aliphatic carbocycles. The summed E-state index contributed by atoms with van der Waals surface area (Å²) in [7, 11) is -4.64. The minimum atomic E-state index is -4.64. The highest BCUT2D eigenvalue weighted by Gasteiger charge is 2.34. The monoisotopic (exact) mass is 573 g/mol. The molecule has 5 N–H and O–H groups in total. The molecule has 0 spiro atoms. The lowest BCUT2D eigenvalue weighted by Crippen LogP contribution is -2.56. The van der Waals surface area contributed by atoms with Crippen LogP contribution in [0.4, 0.5) is 5.69 Å². The van der Waals surface area contributed by atoms with E-state index >= 15 is 0 Å². The summed E-state index contributed by atoms with van der Waals surface area (Å²) < 4.78 is 11.9. The zero-order chi connectivity index (χ0) is 28.7. The number of aromatic nitrogens is 1. The maximum absolute atomic E-state index is 13.3. The van der Waals surface area contributed by atoms with Crippen molar-refractivity contribution < 1.29 is 33.8 Å². The molecule has 1 aliphatic heterocycles. The Morgan fingerprint density at radius 3 is 2.35 bits per heavy atom. The van der Waals surface area contributed by atoms with Crippen LogP contribution in [-0.2, 0) is 14.2 Å². The van der Waals surface area contributed by atoms with E-state index in [2.05, 4.69) is 20.5 Å². The number of rotatable bonds is 13. The number of amides is 2. The van der Waals surface area contributed by atoms with Crippen molar-refractivity contribution in [1.29, 1.82) is 0 Å². The van der Waals surface area contributed by atoms with E-state index in [1.54, 1.807) is 6.07 Å². The van der Waals surface area contributed by atoms with Crippen molar-refractivity contribution in [3.8, 4) is 11.3 Å². The van der Waals surface area contributed by atoms with Crippen LogP contribution in [0.15, 0.2) is 42.5 Å². The van der Waals surface area contributed by atoms with Gasteiger partial charge in [0, 0.05) is 49.9 Å². The van der Waals surface area contributed by atoms with Gasteiger partial charge in [0.2, 0.25) is 5.91 Å². The summed E-state index contributed by atoms with van der Waals surface area (Å²) >= 11 is 0. The Bertz CT molecular complexity index is 1240. The first-order chi connectivity index (χ1) is 19.1. The Labute approximate surface area is 232 Å². The molecule has 40 heavy (non-hydrogen) atoms. The van der Waals surface area contributed by atoms with Gasteiger partial charge in [-0.15, -0.1) is 0 Å². The number of nitrogens with zero attached hydrogens (tertiary/aromatic N) is 3. The summed E-state index contributed by atoms with van der Waals surface area (Å²) in [5.41, 5.74) is 2.12. The van der Waals surface area contributed by atoms with Crippen LogP contribution in [0.5, 0.6) is 0 Å². The Kier molecular flexibility index (Phi) is 9.91. The van der Waals surface area contributed by atoms with Crippen LogP contribution in [-0.4, -0.2) is 98.4 Å². The number of pyridine rings is 1. The summed E-state index contributed by atoms with van der Waals surface area (Å²) in [6.45, 7) is 2.47. The van der Waals surface area contributed by atoms with Gasteiger partial charge in [0.25, 0.3) is 5.91 Å². The van der Waals surface area contributed by atoms with E-state index in [1.165, 1.54) is 4.90 Å². The molecule has 1 saturated heterocycles. The Hall–Kier alpha value is -3.31. The highest BCUT2D eigenvalue weighted by Crippen LogP contribution is 2.35. The largest absolute Gasteiger partial charge is 0.481 e. The van der Waals surface area contributed by atoms with Crippen molar-refractivity contribution in [3.63, 3.8) is 0 Å². The summed E-state index contributed by atoms with van der Waals surface area (Å²) in [5.74, 6) is -2.08. The van der Waals surface area contributed by atoms with E-state index in [-0.39, 0.29) is 12.1 Å². The lowest BCUT2D eigenvalue weighted by molar-refractivity contribution is -0.137. The van der Waals surface area contributed by atoms with Gasteiger partial charge in [-0.05, 0) is 44.4 Å². The number of carboxylic acid groups (broad SMARTS) is 1. The average Bonchev–Trinajstić information content (AvgIpc) is 3.74. The third-order valence-electron chi connectivity index (χ3n) is 6.90. The second-order valence-corrected chi connectivity index (χ2v) is 12.0. The van der Waals surface area contributed by atoms with Crippen molar-refractivity contribution in [1.82, 2.24) is 20.1 Å². The predicted octanol–water partition coefficient (Wildman–Crippen LogP) is 2.00. The Morgan fingerprint density at radius 1 is 1.02 bits per heavy atom. The first-order valence-electron chi connectivity index (χ1n) is 13.5. The maximum Gasteiger partial charge on any atom is 0.328 e. The molecule has 2 amide bonds. The number of benzene rings is 1. The van der Waals surface area contributed by atoms with Crippen LogP contribution in [0, 0.1) is 0 Å². The minimum Gasteiger partial charge on any atom is -0.481 e. The highest BCUT2D eigenvalue weighted by atomic mass is 31.2. The van der Waals surface area contributed by atoms with Crippen LogP contribution in [0.2, 0.25) is 0 Å². The van der Waals surface area contributed by atoms with Crippen LogP contribution in [0.25, 0.3) is 11.3 Å². The number of piperazine rings is 1. The lowest BCUT2D eigenvalue weighted by Gasteiger charge is -2.36. The molecule has 2 fully saturated rings. The van der Waals surface area contributed by atoms with E-state index in [0.29, 0.717) is 56.6 Å². The number of aliphatic carboxylic acids is 1. The van der Waals surface area contributed by atoms with Gasteiger partial charge in [0.05, 0.1) is 11.9 Å². The minimum absolute atomic E-state index is 0.0409. The molecule has 0 bridgehead atoms. The molecule has 1 aromatic heterocycles. The smallest absolute Gasteiger partial charge is 0.328 e. The van der Waals surface area contributed by atoms with Gasteiger partial charge in [0.15, 0.2) is 0 Å². The van der Waals surface area contributed by atoms with Gasteiger partial charge in [-0.1, -0.05) is 30.3 Å². The molecule has 2 aliphatic rings. The van der Waals surface area contributed by atoms with E-state index in [1.807, 2.05) is 36.4 Å². The van der Waals surface area contributed by atoms with Crippen LogP contribution < -0.4 is 10.6 Å². The number of anilines is 1. The fourth-order valence-electron chi connectivity index (χ4n) is 4.63. The van der Waals surface area contributed by atoms with Crippen molar-refractivity contribution in [3.05, 3.63) is 48.2 Å². The second-order valence-electron chi connectivity index (χ2n) is 10.3. The SMILES string of the molecule is O=C(O)CCCCN1CCN(C(=O)[C@H](CP(=O)(O)O)NC(=O)c2cc(NC3CC3)cc(-c3ccccc3)n2)CC1. The quantitative estimate of drug-likeness (QED) is 0.176. The van der Waals surface area contributed by atoms with Gasteiger partial charge < -0.3 is 30.4 Å². The van der Waals surface area contributed by atoms with E-state index in [9.17, 15) is 28.7 Å². The molecule has 4 rings (SSSR count). The van der Waals surface area contributed by atoms with Gasteiger partial charge in [-0.25, -0.2) is 4.98 Å². The number of carbonyl (C=O) groups excluding carboxylic acids is 2. The molecule has 12 nitrogen and oxygen atoms in total. The fourth-order valence-corrected chi connectivity index (χ4v) is 5.35. The lowest BCUT2D eigenvalue weighted by atomic mass is 10.1. The summed E-state index contributed by atoms with van der Waals surface area (Å²) in [6.07, 6.45) is 2.64. The van der Waals surface area contributed by atoms with Gasteiger partial charge in [-0.3, -0.25) is 23.8 Å². The standard InChI is InChI=1S/C27H36N5O7P/c33-25(34)8-4-5-11-31-12-14-32(15-13-31)27(36)24(18-40(37,38)39)30-26(35)23-17-21(28-20-9-10-20)16-22(29-23)19-6-2-1-3-7-19/h1-3,6-7,16-17,20,24H,4-5,8-15,18H2,(H,28,29)(H,30,35)(H,33,34)(H2,37,38,39)/t24-/m0/s1. The third kappa shape index (κ3) is 9.12. The topological polar surface area (TPSA) is 172 Å². The maximum atomic E-state index is 13.3. The van der Waals surface area contributed by atoms with Gasteiger partial charge in [0.1, 0.15) is 11.7 Å². The molecule has 0 radical (unpaired) electrons. The number of unbranched alkanes of at least 4 members (excludes halogenated alkanes) is 1. The van der Waals surface area contributed by atoms with Crippen LogP contribution in [0.3, 0.4) is 0 Å². The van der Waals surface area contributed by atoms with Gasteiger partial charge in [-0.2, -0.15) is 0 Å². The average molecular weight is 574 g/mol. The fraction of sp³-hybridized carbons (Fsp3) is 0.481. The summed E-state index contributed by atoms with van der Waals surface area (Å²) in [4.78, 5) is 64.8. The van der Waals surface area contributed by atoms with Crippen LogP contribution in [0.1, 0.15) is 42.6 Å². The second kappa shape index (κ2) is 13.4. The number of carboxylic acids is 1. The zero-order valence-electron chi connectivity index (χ0n) is 22.2. The van der Waals surface area contributed by atoms with Crippen molar-refractivity contribution in [2.75, 3.05) is 44.2 Å². The number of hydrogen-bond acceptors (Lipinski definition) is 7. The van der Waals surface area contributed by atoms with Crippen LogP contribution >= 0.6 is 7.60 Å². The normalized spacial score (nSPS) is 16.8. The molecular formula is C27H36N5O7P. The molecular weight excluding hydrogens is 537 g/mol. The molecule has 1 saturated carbocycles. The molecule has 2 aromatic rings. The summed E-state index contributed by atoms with van der Waals surface area (Å²) in [5, 5.41) is 14.7. The van der Waals surface area contributed by atoms with Crippen molar-refractivity contribution >= 4 is 31.1 Å². The molecule has 216 valence electrons. The number of nitrogens with one attached hydrogen (secondary N) is 2. The number of hydrogen-bond donors (Lipinski definition) is 5. The molecule has 13 heteroatoms. The highest BCUT2D eigenvalue weighted by molar-refractivity contribution is 7.51.